The van der Waals surface area contributed by atoms with Gasteiger partial charge in [-0.15, -0.1) is 0 Å². The lowest BCUT2D eigenvalue weighted by Gasteiger charge is -2.02. The summed E-state index contributed by atoms with van der Waals surface area (Å²) in [5, 5.41) is 3.32. The number of aromatic nitrogens is 4. The van der Waals surface area contributed by atoms with Crippen molar-refractivity contribution in [3.63, 3.8) is 0 Å². The maximum Gasteiger partial charge on any atom is 0.435 e. The lowest BCUT2D eigenvalue weighted by molar-refractivity contribution is -0.141. The van der Waals surface area contributed by atoms with Crippen LogP contribution in [-0.4, -0.2) is 32.8 Å². The fourth-order valence-corrected chi connectivity index (χ4v) is 1.25. The first-order valence-electron chi connectivity index (χ1n) is 4.95. The summed E-state index contributed by atoms with van der Waals surface area (Å²) in [6.45, 7) is 0. The maximum atomic E-state index is 12.4. The summed E-state index contributed by atoms with van der Waals surface area (Å²) in [7, 11) is 1.18. The summed E-state index contributed by atoms with van der Waals surface area (Å²) in [6.07, 6.45) is -1.20. The van der Waals surface area contributed by atoms with E-state index in [9.17, 15) is 18.0 Å². The van der Waals surface area contributed by atoms with Gasteiger partial charge in [0, 0.05) is 6.20 Å². The Balaban J connectivity index is 2.28. The van der Waals surface area contributed by atoms with Crippen LogP contribution in [0.25, 0.3) is 5.82 Å². The average Bonchev–Trinajstić information content (AvgIpc) is 2.87. The zero-order valence-corrected chi connectivity index (χ0v) is 9.55. The molecule has 2 rings (SSSR count). The van der Waals surface area contributed by atoms with Crippen LogP contribution in [0.2, 0.25) is 0 Å². The van der Waals surface area contributed by atoms with Crippen LogP contribution in [-0.2, 0) is 10.9 Å². The zero-order chi connectivity index (χ0) is 14.0. The summed E-state index contributed by atoms with van der Waals surface area (Å²) < 4.78 is 42.4. The first-order valence-corrected chi connectivity index (χ1v) is 4.95. The van der Waals surface area contributed by atoms with Crippen LogP contribution >= 0.6 is 0 Å². The molecule has 0 atom stereocenters. The highest BCUT2D eigenvalue weighted by Crippen LogP contribution is 2.27. The molecule has 0 aliphatic heterocycles. The first kappa shape index (κ1) is 13.0. The van der Waals surface area contributed by atoms with Gasteiger partial charge < -0.3 is 4.74 Å². The van der Waals surface area contributed by atoms with Crippen molar-refractivity contribution in [1.29, 1.82) is 0 Å². The van der Waals surface area contributed by atoms with Gasteiger partial charge in [0.15, 0.2) is 17.2 Å². The van der Waals surface area contributed by atoms with Crippen molar-refractivity contribution in [2.75, 3.05) is 7.11 Å². The molecule has 0 aromatic carbocycles. The normalized spacial score (nSPS) is 11.4. The van der Waals surface area contributed by atoms with E-state index in [1.165, 1.54) is 7.11 Å². The smallest absolute Gasteiger partial charge is 0.435 e. The molecule has 2 aromatic heterocycles. The molecule has 0 fully saturated rings. The Kier molecular flexibility index (Phi) is 3.19. The number of carbonyl (C=O) groups excluding carboxylic acids is 1. The van der Waals surface area contributed by atoms with Gasteiger partial charge in [-0.2, -0.15) is 18.3 Å². The summed E-state index contributed by atoms with van der Waals surface area (Å²) in [5.74, 6) is -0.626. The molecule has 0 amide bonds. The Bertz CT molecular complexity index is 592. The molecule has 0 saturated heterocycles. The number of rotatable bonds is 2. The van der Waals surface area contributed by atoms with E-state index >= 15 is 0 Å². The third-order valence-corrected chi connectivity index (χ3v) is 2.15. The van der Waals surface area contributed by atoms with Crippen LogP contribution in [0.1, 0.15) is 16.2 Å². The molecular weight excluding hydrogens is 265 g/mol. The Labute approximate surface area is 104 Å². The molecule has 0 bridgehead atoms. The number of carbonyl (C=O) groups is 1. The second kappa shape index (κ2) is 4.67. The molecule has 2 aromatic rings. The minimum atomic E-state index is -4.52. The van der Waals surface area contributed by atoms with Crippen molar-refractivity contribution in [3.05, 3.63) is 36.0 Å². The van der Waals surface area contributed by atoms with Crippen LogP contribution in [0.4, 0.5) is 13.2 Å². The van der Waals surface area contributed by atoms with Crippen LogP contribution in [0.15, 0.2) is 24.7 Å². The minimum Gasteiger partial charge on any atom is -0.464 e. The van der Waals surface area contributed by atoms with E-state index in [-0.39, 0.29) is 11.5 Å². The SMILES string of the molecule is COC(=O)c1cnc(-n2ccc(C(F)(F)F)n2)cn1. The fraction of sp³-hybridized carbons (Fsp3) is 0.200. The monoisotopic (exact) mass is 272 g/mol. The number of hydrogen-bond donors (Lipinski definition) is 0. The quantitative estimate of drug-likeness (QED) is 0.774. The van der Waals surface area contributed by atoms with Gasteiger partial charge >= 0.3 is 12.1 Å². The van der Waals surface area contributed by atoms with Crippen molar-refractivity contribution in [1.82, 2.24) is 19.7 Å². The standard InChI is InChI=1S/C10H7F3N4O2/c1-19-9(18)6-4-15-8(5-14-6)17-3-2-7(16-17)10(11,12)13/h2-5H,1H3. The Morgan fingerprint density at radius 2 is 2.05 bits per heavy atom. The number of halogens is 3. The Hall–Kier alpha value is -2.45. The highest BCUT2D eigenvalue weighted by Gasteiger charge is 2.33. The minimum absolute atomic E-state index is 0.0468. The first-order chi connectivity index (χ1) is 8.91. The molecule has 6 nitrogen and oxygen atoms in total. The van der Waals surface area contributed by atoms with Crippen LogP contribution in [0, 0.1) is 0 Å². The van der Waals surface area contributed by atoms with Gasteiger partial charge in [0.1, 0.15) is 0 Å². The van der Waals surface area contributed by atoms with E-state index in [1.54, 1.807) is 0 Å². The molecular formula is C10H7F3N4O2. The van der Waals surface area contributed by atoms with Gasteiger partial charge in [0.05, 0.1) is 19.5 Å². The average molecular weight is 272 g/mol. The Morgan fingerprint density at radius 3 is 2.53 bits per heavy atom. The van der Waals surface area contributed by atoms with Gasteiger partial charge in [0.2, 0.25) is 0 Å². The van der Waals surface area contributed by atoms with E-state index in [1.807, 2.05) is 0 Å². The summed E-state index contributed by atoms with van der Waals surface area (Å²) in [4.78, 5) is 18.6. The number of ether oxygens (including phenoxy) is 1. The summed E-state index contributed by atoms with van der Waals surface area (Å²) in [6, 6.07) is 0.815. The third kappa shape index (κ3) is 2.69. The largest absolute Gasteiger partial charge is 0.464 e. The summed E-state index contributed by atoms with van der Waals surface area (Å²) >= 11 is 0. The maximum absolute atomic E-state index is 12.4. The predicted molar refractivity (Wildman–Crippen MR) is 55.5 cm³/mol. The third-order valence-electron chi connectivity index (χ3n) is 2.15. The number of methoxy groups -OCH3 is 1. The fourth-order valence-electron chi connectivity index (χ4n) is 1.25. The molecule has 19 heavy (non-hydrogen) atoms. The van der Waals surface area contributed by atoms with Crippen molar-refractivity contribution in [2.24, 2.45) is 0 Å². The van der Waals surface area contributed by atoms with E-state index in [4.69, 9.17) is 0 Å². The van der Waals surface area contributed by atoms with Crippen molar-refractivity contribution < 1.29 is 22.7 Å². The van der Waals surface area contributed by atoms with Gasteiger partial charge in [-0.3, -0.25) is 0 Å². The number of esters is 1. The molecule has 0 radical (unpaired) electrons. The number of nitrogens with zero attached hydrogens (tertiary/aromatic N) is 4. The second-order valence-electron chi connectivity index (χ2n) is 3.39. The molecule has 2 heterocycles. The highest BCUT2D eigenvalue weighted by molar-refractivity contribution is 5.86. The lowest BCUT2D eigenvalue weighted by Crippen LogP contribution is -2.09. The molecule has 9 heteroatoms. The van der Waals surface area contributed by atoms with Crippen LogP contribution in [0.3, 0.4) is 0 Å². The van der Waals surface area contributed by atoms with Gasteiger partial charge in [-0.1, -0.05) is 0 Å². The molecule has 0 spiro atoms. The van der Waals surface area contributed by atoms with Gasteiger partial charge in [-0.05, 0) is 6.07 Å². The predicted octanol–water partition coefficient (Wildman–Crippen LogP) is 1.47. The summed E-state index contributed by atoms with van der Waals surface area (Å²) in [5.41, 5.74) is -1.08. The van der Waals surface area contributed by atoms with Gasteiger partial charge in [0.25, 0.3) is 0 Å². The molecule has 0 aliphatic rings. The number of hydrogen-bond acceptors (Lipinski definition) is 5. The van der Waals surface area contributed by atoms with Crippen molar-refractivity contribution >= 4 is 5.97 Å². The molecule has 100 valence electrons. The van der Waals surface area contributed by atoms with E-state index in [0.717, 1.165) is 29.3 Å². The van der Waals surface area contributed by atoms with E-state index in [0.29, 0.717) is 0 Å². The number of alkyl halides is 3. The lowest BCUT2D eigenvalue weighted by atomic mass is 10.4. The van der Waals surface area contributed by atoms with Crippen LogP contribution < -0.4 is 0 Å². The van der Waals surface area contributed by atoms with Crippen molar-refractivity contribution in [2.45, 2.75) is 6.18 Å². The van der Waals surface area contributed by atoms with Gasteiger partial charge in [-0.25, -0.2) is 19.4 Å². The molecule has 0 saturated carbocycles. The van der Waals surface area contributed by atoms with E-state index < -0.39 is 17.8 Å². The van der Waals surface area contributed by atoms with Crippen LogP contribution in [0.5, 0.6) is 0 Å². The highest BCUT2D eigenvalue weighted by atomic mass is 19.4. The zero-order valence-electron chi connectivity index (χ0n) is 9.55. The molecule has 0 aliphatic carbocycles. The van der Waals surface area contributed by atoms with E-state index in [2.05, 4.69) is 19.8 Å². The topological polar surface area (TPSA) is 69.9 Å². The second-order valence-corrected chi connectivity index (χ2v) is 3.39. The molecule has 0 unspecified atom stereocenters. The Morgan fingerprint density at radius 1 is 1.32 bits per heavy atom. The molecule has 0 N–H and O–H groups in total. The van der Waals surface area contributed by atoms with Crippen molar-refractivity contribution in [3.8, 4) is 5.82 Å².